The molecular weight excluding hydrogens is 262 g/mol. The van der Waals surface area contributed by atoms with Gasteiger partial charge in [-0.3, -0.25) is 4.79 Å². The quantitative estimate of drug-likeness (QED) is 0.606. The average molecular weight is 283 g/mol. The predicted molar refractivity (Wildman–Crippen MR) is 84.8 cm³/mol. The maximum absolute atomic E-state index is 11.7. The molecule has 0 aliphatic rings. The molecule has 0 fully saturated rings. The second kappa shape index (κ2) is 8.04. The molecule has 1 amide bonds. The minimum atomic E-state index is -0.0611. The van der Waals surface area contributed by atoms with Gasteiger partial charge in [-0.05, 0) is 30.0 Å². The first-order valence-corrected chi connectivity index (χ1v) is 7.31. The maximum atomic E-state index is 11.7. The molecule has 1 aromatic carbocycles. The number of hydrogen-bond donors (Lipinski definition) is 2. The molecule has 0 aliphatic carbocycles. The lowest BCUT2D eigenvalue weighted by molar-refractivity contribution is -0.116. The van der Waals surface area contributed by atoms with Crippen LogP contribution in [0.15, 0.2) is 42.7 Å². The third kappa shape index (κ3) is 5.26. The van der Waals surface area contributed by atoms with Gasteiger partial charge in [0.1, 0.15) is 5.82 Å². The van der Waals surface area contributed by atoms with Gasteiger partial charge in [0.15, 0.2) is 0 Å². The molecule has 4 nitrogen and oxygen atoms in total. The van der Waals surface area contributed by atoms with Crippen LogP contribution >= 0.6 is 0 Å². The van der Waals surface area contributed by atoms with Crippen molar-refractivity contribution in [3.05, 3.63) is 59.7 Å². The molecule has 0 saturated carbocycles. The molecule has 1 aromatic heterocycles. The highest BCUT2D eigenvalue weighted by Gasteiger charge is 1.97. The number of rotatable bonds is 7. The van der Waals surface area contributed by atoms with Gasteiger partial charge in [-0.25, -0.2) is 4.98 Å². The predicted octanol–water partition coefficient (Wildman–Crippen LogP) is 2.73. The number of hydrogen-bond acceptors (Lipinski definition) is 2. The molecule has 0 aliphatic heterocycles. The normalized spacial score (nSPS) is 10.9. The smallest absolute Gasteiger partial charge is 0.243 e. The Balaban J connectivity index is 1.69. The van der Waals surface area contributed by atoms with Crippen LogP contribution in [-0.2, 0) is 17.6 Å². The van der Waals surface area contributed by atoms with Crippen LogP contribution in [0.2, 0.25) is 0 Å². The van der Waals surface area contributed by atoms with E-state index in [0.717, 1.165) is 30.7 Å². The molecule has 0 atom stereocenters. The summed E-state index contributed by atoms with van der Waals surface area (Å²) in [6.07, 6.45) is 9.70. The van der Waals surface area contributed by atoms with Gasteiger partial charge in [-0.15, -0.1) is 0 Å². The molecule has 2 rings (SSSR count). The lowest BCUT2D eigenvalue weighted by Gasteiger charge is -2.01. The van der Waals surface area contributed by atoms with Crippen LogP contribution in [0.5, 0.6) is 0 Å². The number of aryl methyl sites for hydroxylation is 2. The summed E-state index contributed by atoms with van der Waals surface area (Å²) in [6, 6.07) is 8.22. The largest absolute Gasteiger partial charge is 0.353 e. The zero-order valence-corrected chi connectivity index (χ0v) is 12.3. The first-order chi connectivity index (χ1) is 10.3. The van der Waals surface area contributed by atoms with E-state index in [9.17, 15) is 4.79 Å². The Bertz CT molecular complexity index is 571. The SMILES string of the molecule is CCc1ccc(/C=C/C(=O)NCCCc2ncc[nH]2)cc1. The summed E-state index contributed by atoms with van der Waals surface area (Å²) in [7, 11) is 0. The molecule has 2 aromatic rings. The van der Waals surface area contributed by atoms with Crippen LogP contribution in [0.1, 0.15) is 30.3 Å². The van der Waals surface area contributed by atoms with Crippen LogP contribution in [0, 0.1) is 0 Å². The minimum absolute atomic E-state index is 0.0611. The van der Waals surface area contributed by atoms with Crippen LogP contribution < -0.4 is 5.32 Å². The molecule has 2 N–H and O–H groups in total. The maximum Gasteiger partial charge on any atom is 0.243 e. The van der Waals surface area contributed by atoms with Crippen molar-refractivity contribution in [1.29, 1.82) is 0 Å². The second-order valence-electron chi connectivity index (χ2n) is 4.86. The molecule has 0 radical (unpaired) electrons. The Morgan fingerprint density at radius 1 is 1.33 bits per heavy atom. The highest BCUT2D eigenvalue weighted by Crippen LogP contribution is 2.06. The van der Waals surface area contributed by atoms with Crippen molar-refractivity contribution in [1.82, 2.24) is 15.3 Å². The topological polar surface area (TPSA) is 57.8 Å². The van der Waals surface area contributed by atoms with E-state index in [1.54, 1.807) is 18.5 Å². The van der Waals surface area contributed by atoms with Crippen molar-refractivity contribution in [2.24, 2.45) is 0 Å². The molecule has 0 unspecified atom stereocenters. The highest BCUT2D eigenvalue weighted by atomic mass is 16.1. The standard InChI is InChI=1S/C17H21N3O/c1-2-14-5-7-15(8-6-14)9-10-17(21)20-11-3-4-16-18-12-13-19-16/h5-10,12-13H,2-4,11H2,1H3,(H,18,19)(H,20,21)/b10-9+. The van der Waals surface area contributed by atoms with Crippen LogP contribution in [0.25, 0.3) is 6.08 Å². The van der Waals surface area contributed by atoms with Gasteiger partial charge < -0.3 is 10.3 Å². The molecule has 110 valence electrons. The van der Waals surface area contributed by atoms with Crippen molar-refractivity contribution < 1.29 is 4.79 Å². The number of nitrogens with one attached hydrogen (secondary N) is 2. The van der Waals surface area contributed by atoms with Gasteiger partial charge in [0.25, 0.3) is 0 Å². The van der Waals surface area contributed by atoms with Crippen molar-refractivity contribution in [2.75, 3.05) is 6.54 Å². The van der Waals surface area contributed by atoms with E-state index in [-0.39, 0.29) is 5.91 Å². The summed E-state index contributed by atoms with van der Waals surface area (Å²) < 4.78 is 0. The summed E-state index contributed by atoms with van der Waals surface area (Å²) in [6.45, 7) is 2.78. The molecule has 21 heavy (non-hydrogen) atoms. The number of imidazole rings is 1. The van der Waals surface area contributed by atoms with E-state index in [2.05, 4.69) is 34.3 Å². The number of carbonyl (C=O) groups excluding carboxylic acids is 1. The Morgan fingerprint density at radius 3 is 2.81 bits per heavy atom. The molecule has 0 spiro atoms. The summed E-state index contributed by atoms with van der Waals surface area (Å²) in [5, 5.41) is 2.87. The van der Waals surface area contributed by atoms with Crippen molar-refractivity contribution >= 4 is 12.0 Å². The number of benzene rings is 1. The number of aromatic nitrogens is 2. The van der Waals surface area contributed by atoms with E-state index < -0.39 is 0 Å². The van der Waals surface area contributed by atoms with E-state index >= 15 is 0 Å². The van der Waals surface area contributed by atoms with Crippen molar-refractivity contribution in [2.45, 2.75) is 26.2 Å². The fourth-order valence-electron chi connectivity index (χ4n) is 2.00. The zero-order valence-electron chi connectivity index (χ0n) is 12.3. The van der Waals surface area contributed by atoms with Gasteiger partial charge in [0.2, 0.25) is 5.91 Å². The monoisotopic (exact) mass is 283 g/mol. The van der Waals surface area contributed by atoms with E-state index in [4.69, 9.17) is 0 Å². The average Bonchev–Trinajstić information content (AvgIpc) is 3.03. The molecular formula is C17H21N3O. The van der Waals surface area contributed by atoms with Crippen LogP contribution in [-0.4, -0.2) is 22.4 Å². The number of amides is 1. The second-order valence-corrected chi connectivity index (χ2v) is 4.86. The number of aromatic amines is 1. The minimum Gasteiger partial charge on any atom is -0.353 e. The van der Waals surface area contributed by atoms with E-state index in [0.29, 0.717) is 6.54 Å². The van der Waals surface area contributed by atoms with Gasteiger partial charge in [0, 0.05) is 31.4 Å². The van der Waals surface area contributed by atoms with Crippen molar-refractivity contribution in [3.63, 3.8) is 0 Å². The van der Waals surface area contributed by atoms with Crippen LogP contribution in [0.3, 0.4) is 0 Å². The fourth-order valence-corrected chi connectivity index (χ4v) is 2.00. The number of carbonyl (C=O) groups is 1. The third-order valence-corrected chi connectivity index (χ3v) is 3.26. The fraction of sp³-hybridized carbons (Fsp3) is 0.294. The Morgan fingerprint density at radius 2 is 2.14 bits per heavy atom. The zero-order chi connectivity index (χ0) is 14.9. The Labute approximate surface area is 125 Å². The first kappa shape index (κ1) is 15.0. The lowest BCUT2D eigenvalue weighted by Crippen LogP contribution is -2.22. The highest BCUT2D eigenvalue weighted by molar-refractivity contribution is 5.91. The summed E-state index contributed by atoms with van der Waals surface area (Å²) >= 11 is 0. The number of nitrogens with zero attached hydrogens (tertiary/aromatic N) is 1. The summed E-state index contributed by atoms with van der Waals surface area (Å²) in [5.41, 5.74) is 2.34. The molecule has 0 saturated heterocycles. The van der Waals surface area contributed by atoms with Gasteiger partial charge in [-0.2, -0.15) is 0 Å². The van der Waals surface area contributed by atoms with Crippen LogP contribution in [0.4, 0.5) is 0 Å². The van der Waals surface area contributed by atoms with Gasteiger partial charge >= 0.3 is 0 Å². The first-order valence-electron chi connectivity index (χ1n) is 7.31. The number of H-pyrrole nitrogens is 1. The molecule has 1 heterocycles. The van der Waals surface area contributed by atoms with Gasteiger partial charge in [0.05, 0.1) is 0 Å². The Hall–Kier alpha value is -2.36. The summed E-state index contributed by atoms with van der Waals surface area (Å²) in [5.74, 6) is 0.893. The van der Waals surface area contributed by atoms with Gasteiger partial charge in [-0.1, -0.05) is 31.2 Å². The molecule has 4 heteroatoms. The van der Waals surface area contributed by atoms with E-state index in [1.165, 1.54) is 5.56 Å². The third-order valence-electron chi connectivity index (χ3n) is 3.26. The lowest BCUT2D eigenvalue weighted by atomic mass is 10.1. The summed E-state index contributed by atoms with van der Waals surface area (Å²) in [4.78, 5) is 18.9. The molecule has 0 bridgehead atoms. The van der Waals surface area contributed by atoms with E-state index in [1.807, 2.05) is 18.2 Å². The Kier molecular flexibility index (Phi) is 5.76. The van der Waals surface area contributed by atoms with Crippen molar-refractivity contribution in [3.8, 4) is 0 Å².